The van der Waals surface area contributed by atoms with E-state index in [0.29, 0.717) is 6.04 Å². The van der Waals surface area contributed by atoms with Crippen molar-refractivity contribution in [1.82, 2.24) is 5.43 Å². The number of benzene rings is 1. The van der Waals surface area contributed by atoms with Gasteiger partial charge in [-0.15, -0.1) is 0 Å². The maximum Gasteiger partial charge on any atom is 0.0254 e. The predicted octanol–water partition coefficient (Wildman–Crippen LogP) is 1.01. The Labute approximate surface area is 72.7 Å². The lowest BCUT2D eigenvalue weighted by Gasteiger charge is -2.23. The number of rotatable bonds is 1. The molecule has 0 aliphatic heterocycles. The molecule has 0 spiro atoms. The highest BCUT2D eigenvalue weighted by Crippen LogP contribution is 2.20. The van der Waals surface area contributed by atoms with E-state index in [2.05, 4.69) is 29.7 Å². The van der Waals surface area contributed by atoms with E-state index in [-0.39, 0.29) is 0 Å². The van der Waals surface area contributed by atoms with Crippen LogP contribution in [0.4, 0.5) is 0 Å². The monoisotopic (exact) mass is 162 g/mol. The van der Waals surface area contributed by atoms with Crippen molar-refractivity contribution < 1.29 is 0 Å². The van der Waals surface area contributed by atoms with Crippen LogP contribution in [-0.4, -0.2) is 6.04 Å². The zero-order valence-corrected chi connectivity index (χ0v) is 7.09. The van der Waals surface area contributed by atoms with E-state index < -0.39 is 0 Å². The number of nitrogens with two attached hydrogens (primary N) is 1. The molecule has 2 heteroatoms. The molecule has 1 unspecified atom stereocenters. The van der Waals surface area contributed by atoms with Gasteiger partial charge in [-0.1, -0.05) is 24.3 Å². The summed E-state index contributed by atoms with van der Waals surface area (Å²) in [6, 6.07) is 9.08. The molecule has 2 rings (SSSR count). The van der Waals surface area contributed by atoms with Crippen LogP contribution in [0.2, 0.25) is 0 Å². The van der Waals surface area contributed by atoms with Gasteiger partial charge in [-0.25, -0.2) is 0 Å². The number of hydrogen-bond donors (Lipinski definition) is 2. The zero-order valence-electron chi connectivity index (χ0n) is 7.09. The molecule has 1 aliphatic rings. The normalized spacial score (nSPS) is 21.9. The van der Waals surface area contributed by atoms with Crippen LogP contribution in [0.5, 0.6) is 0 Å². The molecule has 1 atom stereocenters. The molecule has 0 saturated carbocycles. The summed E-state index contributed by atoms with van der Waals surface area (Å²) in [6.07, 6.45) is 3.39. The molecule has 0 saturated heterocycles. The average molecular weight is 162 g/mol. The van der Waals surface area contributed by atoms with Crippen LogP contribution in [-0.2, 0) is 12.8 Å². The Morgan fingerprint density at radius 3 is 2.75 bits per heavy atom. The van der Waals surface area contributed by atoms with Crippen LogP contribution in [0.15, 0.2) is 24.3 Å². The molecule has 0 bridgehead atoms. The summed E-state index contributed by atoms with van der Waals surface area (Å²) in [4.78, 5) is 0. The average Bonchev–Trinajstić information content (AvgIpc) is 2.17. The highest BCUT2D eigenvalue weighted by Gasteiger charge is 2.15. The SMILES string of the molecule is NNC1CCc2ccccc2C1. The number of fused-ring (bicyclic) bond motifs is 1. The molecule has 64 valence electrons. The fourth-order valence-electron chi connectivity index (χ4n) is 1.84. The molecule has 3 N–H and O–H groups in total. The van der Waals surface area contributed by atoms with Gasteiger partial charge in [0.2, 0.25) is 0 Å². The van der Waals surface area contributed by atoms with Crippen molar-refractivity contribution in [3.63, 3.8) is 0 Å². The first-order valence-corrected chi connectivity index (χ1v) is 4.43. The lowest BCUT2D eigenvalue weighted by Crippen LogP contribution is -2.39. The molecule has 1 aromatic carbocycles. The topological polar surface area (TPSA) is 38.0 Å². The van der Waals surface area contributed by atoms with E-state index in [1.54, 1.807) is 0 Å². The lowest BCUT2D eigenvalue weighted by atomic mass is 9.89. The van der Waals surface area contributed by atoms with Crippen molar-refractivity contribution in [2.75, 3.05) is 0 Å². The number of hydrogen-bond acceptors (Lipinski definition) is 2. The van der Waals surface area contributed by atoms with Gasteiger partial charge in [-0.05, 0) is 30.4 Å². The minimum absolute atomic E-state index is 0.472. The molecule has 0 aromatic heterocycles. The van der Waals surface area contributed by atoms with E-state index in [0.717, 1.165) is 19.3 Å². The van der Waals surface area contributed by atoms with Crippen molar-refractivity contribution in [2.45, 2.75) is 25.3 Å². The van der Waals surface area contributed by atoms with Gasteiger partial charge in [0.15, 0.2) is 0 Å². The third-order valence-electron chi connectivity index (χ3n) is 2.58. The largest absolute Gasteiger partial charge is 0.271 e. The summed E-state index contributed by atoms with van der Waals surface area (Å²) in [6.45, 7) is 0. The van der Waals surface area contributed by atoms with Crippen LogP contribution < -0.4 is 11.3 Å². The zero-order chi connectivity index (χ0) is 8.39. The van der Waals surface area contributed by atoms with Crippen molar-refractivity contribution in [2.24, 2.45) is 5.84 Å². The number of aryl methyl sites for hydroxylation is 1. The van der Waals surface area contributed by atoms with Crippen molar-refractivity contribution >= 4 is 0 Å². The summed E-state index contributed by atoms with van der Waals surface area (Å²) >= 11 is 0. The van der Waals surface area contributed by atoms with Gasteiger partial charge >= 0.3 is 0 Å². The van der Waals surface area contributed by atoms with Crippen molar-refractivity contribution in [3.05, 3.63) is 35.4 Å². The van der Waals surface area contributed by atoms with Gasteiger partial charge in [0.25, 0.3) is 0 Å². The van der Waals surface area contributed by atoms with Crippen molar-refractivity contribution in [3.8, 4) is 0 Å². The molecule has 12 heavy (non-hydrogen) atoms. The molecule has 0 radical (unpaired) electrons. The molecular formula is C10H14N2. The minimum Gasteiger partial charge on any atom is -0.271 e. The van der Waals surface area contributed by atoms with Crippen LogP contribution in [0, 0.1) is 0 Å². The first-order valence-electron chi connectivity index (χ1n) is 4.43. The fourth-order valence-corrected chi connectivity index (χ4v) is 1.84. The summed E-state index contributed by atoms with van der Waals surface area (Å²) < 4.78 is 0. The number of nitrogens with one attached hydrogen (secondary N) is 1. The Morgan fingerprint density at radius 2 is 2.00 bits per heavy atom. The second kappa shape index (κ2) is 3.25. The third kappa shape index (κ3) is 1.36. The van der Waals surface area contributed by atoms with Gasteiger partial charge in [-0.3, -0.25) is 11.3 Å². The molecule has 0 amide bonds. The quantitative estimate of drug-likeness (QED) is 0.477. The Balaban J connectivity index is 2.23. The molecule has 0 fully saturated rings. The smallest absolute Gasteiger partial charge is 0.0254 e. The van der Waals surface area contributed by atoms with Gasteiger partial charge in [0.05, 0.1) is 0 Å². The van der Waals surface area contributed by atoms with Gasteiger partial charge in [-0.2, -0.15) is 0 Å². The second-order valence-electron chi connectivity index (χ2n) is 3.38. The number of hydrazine groups is 1. The Morgan fingerprint density at radius 1 is 1.25 bits per heavy atom. The van der Waals surface area contributed by atoms with Crippen LogP contribution in [0.1, 0.15) is 17.5 Å². The Kier molecular flexibility index (Phi) is 2.11. The lowest BCUT2D eigenvalue weighted by molar-refractivity contribution is 0.470. The standard InChI is InChI=1S/C10H14N2/c11-12-10-6-5-8-3-1-2-4-9(8)7-10/h1-4,10,12H,5-7,11H2. The minimum atomic E-state index is 0.472. The van der Waals surface area contributed by atoms with E-state index in [9.17, 15) is 0 Å². The second-order valence-corrected chi connectivity index (χ2v) is 3.38. The summed E-state index contributed by atoms with van der Waals surface area (Å²) in [7, 11) is 0. The highest BCUT2D eigenvalue weighted by molar-refractivity contribution is 5.30. The first-order chi connectivity index (χ1) is 5.90. The first kappa shape index (κ1) is 7.77. The third-order valence-corrected chi connectivity index (χ3v) is 2.58. The van der Waals surface area contributed by atoms with Crippen molar-refractivity contribution in [1.29, 1.82) is 0 Å². The Hall–Kier alpha value is -0.860. The molecule has 1 aliphatic carbocycles. The van der Waals surface area contributed by atoms with Gasteiger partial charge < -0.3 is 0 Å². The van der Waals surface area contributed by atoms with Crippen LogP contribution >= 0.6 is 0 Å². The summed E-state index contributed by atoms with van der Waals surface area (Å²) in [5.74, 6) is 5.41. The van der Waals surface area contributed by atoms with E-state index in [4.69, 9.17) is 5.84 Å². The molecule has 0 heterocycles. The fraction of sp³-hybridized carbons (Fsp3) is 0.400. The maximum atomic E-state index is 5.41. The summed E-state index contributed by atoms with van der Waals surface area (Å²) in [5.41, 5.74) is 5.79. The highest BCUT2D eigenvalue weighted by atomic mass is 15.2. The predicted molar refractivity (Wildman–Crippen MR) is 49.6 cm³/mol. The van der Waals surface area contributed by atoms with Gasteiger partial charge in [0.1, 0.15) is 0 Å². The van der Waals surface area contributed by atoms with E-state index >= 15 is 0 Å². The van der Waals surface area contributed by atoms with E-state index in [1.807, 2.05) is 0 Å². The molecule has 1 aromatic rings. The van der Waals surface area contributed by atoms with E-state index in [1.165, 1.54) is 11.1 Å². The Bertz CT molecular complexity index is 270. The maximum absolute atomic E-state index is 5.41. The van der Waals surface area contributed by atoms with Crippen LogP contribution in [0.25, 0.3) is 0 Å². The van der Waals surface area contributed by atoms with Crippen LogP contribution in [0.3, 0.4) is 0 Å². The summed E-state index contributed by atoms with van der Waals surface area (Å²) in [5, 5.41) is 0. The molecule has 2 nitrogen and oxygen atoms in total. The molecular weight excluding hydrogens is 148 g/mol. The van der Waals surface area contributed by atoms with Gasteiger partial charge in [0, 0.05) is 6.04 Å².